The Hall–Kier alpha value is -2.37. The van der Waals surface area contributed by atoms with Gasteiger partial charge in [0.2, 0.25) is 11.8 Å². The smallest absolute Gasteiger partial charge is 0.310 e. The van der Waals surface area contributed by atoms with E-state index in [2.05, 4.69) is 10.6 Å². The number of anilines is 1. The Morgan fingerprint density at radius 2 is 1.46 bits per heavy atom. The van der Waals surface area contributed by atoms with Crippen LogP contribution in [0.5, 0.6) is 0 Å². The zero-order valence-corrected chi connectivity index (χ0v) is 16.4. The van der Waals surface area contributed by atoms with Crippen LogP contribution in [0.4, 0.5) is 5.69 Å². The van der Waals surface area contributed by atoms with Crippen molar-refractivity contribution in [2.45, 2.75) is 70.3 Å². The van der Waals surface area contributed by atoms with E-state index in [9.17, 15) is 14.4 Å². The van der Waals surface area contributed by atoms with Gasteiger partial charge in [0.1, 0.15) is 0 Å². The third-order valence-corrected chi connectivity index (χ3v) is 6.22. The molecule has 2 saturated carbocycles. The fourth-order valence-corrected chi connectivity index (χ4v) is 4.25. The summed E-state index contributed by atoms with van der Waals surface area (Å²) in [6.45, 7) is 1.64. The molecular weight excluding hydrogens is 356 g/mol. The number of carbonyl (C=O) groups excluding carboxylic acids is 2. The molecule has 2 amide bonds. The van der Waals surface area contributed by atoms with Gasteiger partial charge in [-0.25, -0.2) is 0 Å². The minimum atomic E-state index is -0.867. The summed E-state index contributed by atoms with van der Waals surface area (Å²) in [5.74, 6) is -1.10. The van der Waals surface area contributed by atoms with Crippen LogP contribution < -0.4 is 10.6 Å². The second-order valence-corrected chi connectivity index (χ2v) is 8.21. The average molecular weight is 386 g/mol. The lowest BCUT2D eigenvalue weighted by atomic mass is 9.85. The normalized spacial score (nSPS) is 23.8. The van der Waals surface area contributed by atoms with Crippen molar-refractivity contribution in [1.29, 1.82) is 0 Å². The maximum absolute atomic E-state index is 12.5. The standard InChI is InChI=1S/C22H30N2O4/c1-14(22(27)28)15-6-10-18(11-7-15)24-21(26)17-8-12-19(13-9-17)23-20(25)16-4-2-3-5-16/h6-7,10-11,14,16-17,19H,2-5,8-9,12-13H2,1H3,(H,23,25)(H,24,26)(H,27,28). The summed E-state index contributed by atoms with van der Waals surface area (Å²) in [5.41, 5.74) is 1.40. The summed E-state index contributed by atoms with van der Waals surface area (Å²) in [4.78, 5) is 35.8. The molecule has 0 aliphatic heterocycles. The number of nitrogens with one attached hydrogen (secondary N) is 2. The Bertz CT molecular complexity index is 702. The first-order valence-corrected chi connectivity index (χ1v) is 10.4. The molecule has 0 saturated heterocycles. The summed E-state index contributed by atoms with van der Waals surface area (Å²) >= 11 is 0. The van der Waals surface area contributed by atoms with Crippen LogP contribution in [0.3, 0.4) is 0 Å². The average Bonchev–Trinajstić information content (AvgIpc) is 3.23. The minimum absolute atomic E-state index is 0.000368. The van der Waals surface area contributed by atoms with Crippen LogP contribution in [0, 0.1) is 11.8 Å². The minimum Gasteiger partial charge on any atom is -0.481 e. The molecule has 6 nitrogen and oxygen atoms in total. The van der Waals surface area contributed by atoms with Gasteiger partial charge in [0.05, 0.1) is 5.92 Å². The van der Waals surface area contributed by atoms with E-state index in [1.807, 2.05) is 0 Å². The van der Waals surface area contributed by atoms with Crippen molar-refractivity contribution in [1.82, 2.24) is 5.32 Å². The Balaban J connectivity index is 1.44. The van der Waals surface area contributed by atoms with Crippen molar-refractivity contribution >= 4 is 23.5 Å². The quantitative estimate of drug-likeness (QED) is 0.695. The molecule has 0 aromatic heterocycles. The molecule has 2 aliphatic carbocycles. The zero-order valence-electron chi connectivity index (χ0n) is 16.4. The van der Waals surface area contributed by atoms with E-state index in [0.29, 0.717) is 11.3 Å². The van der Waals surface area contributed by atoms with Crippen LogP contribution in [0.2, 0.25) is 0 Å². The molecule has 1 aromatic rings. The van der Waals surface area contributed by atoms with Gasteiger partial charge in [-0.15, -0.1) is 0 Å². The number of hydrogen-bond acceptors (Lipinski definition) is 3. The highest BCUT2D eigenvalue weighted by molar-refractivity contribution is 5.92. The maximum atomic E-state index is 12.5. The van der Waals surface area contributed by atoms with Crippen molar-refractivity contribution in [3.05, 3.63) is 29.8 Å². The van der Waals surface area contributed by atoms with Gasteiger partial charge in [0.15, 0.2) is 0 Å². The molecule has 0 bridgehead atoms. The van der Waals surface area contributed by atoms with Gasteiger partial charge < -0.3 is 15.7 Å². The lowest BCUT2D eigenvalue weighted by molar-refractivity contribution is -0.138. The third kappa shape index (κ3) is 5.12. The third-order valence-electron chi connectivity index (χ3n) is 6.22. The number of amides is 2. The van der Waals surface area contributed by atoms with Gasteiger partial charge in [-0.05, 0) is 63.1 Å². The zero-order chi connectivity index (χ0) is 20.1. The first-order chi connectivity index (χ1) is 13.4. The Labute approximate surface area is 166 Å². The lowest BCUT2D eigenvalue weighted by Gasteiger charge is -2.29. The molecule has 2 fully saturated rings. The van der Waals surface area contributed by atoms with E-state index >= 15 is 0 Å². The van der Waals surface area contributed by atoms with Gasteiger partial charge in [-0.2, -0.15) is 0 Å². The van der Waals surface area contributed by atoms with Crippen molar-refractivity contribution < 1.29 is 19.5 Å². The van der Waals surface area contributed by atoms with Gasteiger partial charge in [0, 0.05) is 23.6 Å². The second-order valence-electron chi connectivity index (χ2n) is 8.21. The van der Waals surface area contributed by atoms with Crippen LogP contribution >= 0.6 is 0 Å². The molecule has 1 atom stereocenters. The van der Waals surface area contributed by atoms with Gasteiger partial charge in [-0.1, -0.05) is 25.0 Å². The van der Waals surface area contributed by atoms with E-state index in [0.717, 1.165) is 51.4 Å². The number of carbonyl (C=O) groups is 3. The molecule has 1 unspecified atom stereocenters. The number of hydrogen-bond donors (Lipinski definition) is 3. The molecule has 3 N–H and O–H groups in total. The SMILES string of the molecule is CC(C(=O)O)c1ccc(NC(=O)C2CCC(NC(=O)C3CCCC3)CC2)cc1. The van der Waals surface area contributed by atoms with Gasteiger partial charge in [0.25, 0.3) is 0 Å². The summed E-state index contributed by atoms with van der Waals surface area (Å²) in [5, 5.41) is 15.2. The molecule has 0 radical (unpaired) electrons. The van der Waals surface area contributed by atoms with Crippen LogP contribution in [0.1, 0.15) is 69.8 Å². The molecule has 3 rings (SSSR count). The molecule has 0 heterocycles. The van der Waals surface area contributed by atoms with Crippen molar-refractivity contribution in [2.75, 3.05) is 5.32 Å². The first-order valence-electron chi connectivity index (χ1n) is 10.4. The molecule has 28 heavy (non-hydrogen) atoms. The molecule has 0 spiro atoms. The predicted molar refractivity (Wildman–Crippen MR) is 107 cm³/mol. The number of carboxylic acid groups (broad SMARTS) is 1. The lowest BCUT2D eigenvalue weighted by Crippen LogP contribution is -2.41. The maximum Gasteiger partial charge on any atom is 0.310 e. The number of carboxylic acids is 1. The topological polar surface area (TPSA) is 95.5 Å². The summed E-state index contributed by atoms with van der Waals surface area (Å²) in [6, 6.07) is 7.17. The highest BCUT2D eigenvalue weighted by Gasteiger charge is 2.29. The van der Waals surface area contributed by atoms with Gasteiger partial charge >= 0.3 is 5.97 Å². The summed E-state index contributed by atoms with van der Waals surface area (Å²) in [7, 11) is 0. The molecular formula is C22H30N2O4. The molecule has 1 aromatic carbocycles. The van der Waals surface area contributed by atoms with Crippen LogP contribution in [-0.2, 0) is 14.4 Å². The Morgan fingerprint density at radius 3 is 2.04 bits per heavy atom. The molecule has 6 heteroatoms. The first kappa shape index (κ1) is 20.4. The number of rotatable bonds is 6. The van der Waals surface area contributed by atoms with Crippen molar-refractivity contribution in [3.63, 3.8) is 0 Å². The van der Waals surface area contributed by atoms with E-state index in [1.54, 1.807) is 31.2 Å². The summed E-state index contributed by atoms with van der Waals surface area (Å²) < 4.78 is 0. The van der Waals surface area contributed by atoms with E-state index in [1.165, 1.54) is 0 Å². The van der Waals surface area contributed by atoms with Crippen molar-refractivity contribution in [3.8, 4) is 0 Å². The van der Waals surface area contributed by atoms with E-state index in [4.69, 9.17) is 5.11 Å². The largest absolute Gasteiger partial charge is 0.481 e. The van der Waals surface area contributed by atoms with Crippen LogP contribution in [-0.4, -0.2) is 28.9 Å². The predicted octanol–water partition coefficient (Wildman–Crippen LogP) is 3.68. The Morgan fingerprint density at radius 1 is 0.893 bits per heavy atom. The fraction of sp³-hybridized carbons (Fsp3) is 0.591. The highest BCUT2D eigenvalue weighted by Crippen LogP contribution is 2.28. The second kappa shape index (κ2) is 9.22. The van der Waals surface area contributed by atoms with E-state index in [-0.39, 0.29) is 29.7 Å². The van der Waals surface area contributed by atoms with E-state index < -0.39 is 11.9 Å². The highest BCUT2D eigenvalue weighted by atomic mass is 16.4. The molecule has 2 aliphatic rings. The fourth-order valence-electron chi connectivity index (χ4n) is 4.25. The van der Waals surface area contributed by atoms with Crippen LogP contribution in [0.25, 0.3) is 0 Å². The molecule has 152 valence electrons. The number of benzene rings is 1. The van der Waals surface area contributed by atoms with Crippen molar-refractivity contribution in [2.24, 2.45) is 11.8 Å². The monoisotopic (exact) mass is 386 g/mol. The summed E-state index contributed by atoms with van der Waals surface area (Å²) in [6.07, 6.45) is 7.55. The van der Waals surface area contributed by atoms with Crippen LogP contribution in [0.15, 0.2) is 24.3 Å². The van der Waals surface area contributed by atoms with Gasteiger partial charge in [-0.3, -0.25) is 14.4 Å². The Kier molecular flexibility index (Phi) is 6.70. The number of aliphatic carboxylic acids is 1.